The molecule has 2 amide bonds. The van der Waals surface area contributed by atoms with Gasteiger partial charge >= 0.3 is 11.8 Å². The van der Waals surface area contributed by atoms with Gasteiger partial charge in [0.1, 0.15) is 0 Å². The normalized spacial score (nSPS) is 14.4. The minimum absolute atomic E-state index is 0.386. The van der Waals surface area contributed by atoms with Crippen LogP contribution in [0.15, 0.2) is 24.3 Å². The summed E-state index contributed by atoms with van der Waals surface area (Å²) in [5, 5.41) is 2.73. The van der Waals surface area contributed by atoms with Crippen LogP contribution in [0.5, 0.6) is 0 Å². The Morgan fingerprint density at radius 3 is 2.22 bits per heavy atom. The van der Waals surface area contributed by atoms with Gasteiger partial charge in [-0.05, 0) is 50.8 Å². The third-order valence-corrected chi connectivity index (χ3v) is 4.36. The molecule has 1 aromatic carbocycles. The highest BCUT2D eigenvalue weighted by Gasteiger charge is 2.22. The van der Waals surface area contributed by atoms with Crippen molar-refractivity contribution in [2.75, 3.05) is 31.1 Å². The van der Waals surface area contributed by atoms with Gasteiger partial charge in [0.15, 0.2) is 0 Å². The molecule has 0 radical (unpaired) electrons. The third kappa shape index (κ3) is 4.71. The maximum Gasteiger partial charge on any atom is 0.311 e. The van der Waals surface area contributed by atoms with Crippen LogP contribution in [0.3, 0.4) is 0 Å². The molecule has 1 fully saturated rings. The van der Waals surface area contributed by atoms with Gasteiger partial charge in [-0.2, -0.15) is 0 Å². The number of anilines is 1. The molecule has 1 aromatic rings. The molecule has 1 saturated heterocycles. The van der Waals surface area contributed by atoms with Gasteiger partial charge < -0.3 is 15.1 Å². The lowest BCUT2D eigenvalue weighted by Crippen LogP contribution is -2.44. The number of carbonyl (C=O) groups is 2. The van der Waals surface area contributed by atoms with E-state index in [0.29, 0.717) is 19.6 Å². The Balaban J connectivity index is 1.85. The fourth-order valence-electron chi connectivity index (χ4n) is 2.91. The Morgan fingerprint density at radius 2 is 1.65 bits per heavy atom. The number of carbonyl (C=O) groups excluding carboxylic acids is 2. The van der Waals surface area contributed by atoms with Crippen LogP contribution in [0.2, 0.25) is 0 Å². The molecule has 5 nitrogen and oxygen atoms in total. The quantitative estimate of drug-likeness (QED) is 0.847. The van der Waals surface area contributed by atoms with Crippen molar-refractivity contribution >= 4 is 17.5 Å². The fourth-order valence-corrected chi connectivity index (χ4v) is 2.91. The van der Waals surface area contributed by atoms with Gasteiger partial charge in [-0.3, -0.25) is 9.59 Å². The molecule has 0 aromatic heterocycles. The Bertz CT molecular complexity index is 518. The van der Waals surface area contributed by atoms with Gasteiger partial charge in [-0.15, -0.1) is 0 Å². The number of amides is 2. The molecule has 0 unspecified atom stereocenters. The van der Waals surface area contributed by atoms with Crippen LogP contribution in [0, 0.1) is 0 Å². The van der Waals surface area contributed by atoms with E-state index in [9.17, 15) is 9.59 Å². The number of benzene rings is 1. The summed E-state index contributed by atoms with van der Waals surface area (Å²) in [6, 6.07) is 8.11. The second-order valence-corrected chi connectivity index (χ2v) is 5.87. The zero-order chi connectivity index (χ0) is 16.7. The molecule has 0 spiro atoms. The van der Waals surface area contributed by atoms with Crippen molar-refractivity contribution < 1.29 is 9.59 Å². The van der Waals surface area contributed by atoms with Gasteiger partial charge in [-0.25, -0.2) is 0 Å². The molecule has 1 aliphatic rings. The first-order valence-corrected chi connectivity index (χ1v) is 8.56. The molecule has 0 bridgehead atoms. The number of rotatable bonds is 5. The monoisotopic (exact) mass is 317 g/mol. The summed E-state index contributed by atoms with van der Waals surface area (Å²) < 4.78 is 0. The van der Waals surface area contributed by atoms with E-state index < -0.39 is 11.8 Å². The van der Waals surface area contributed by atoms with Gasteiger partial charge in [0.2, 0.25) is 0 Å². The zero-order valence-corrected chi connectivity index (χ0v) is 14.2. The first kappa shape index (κ1) is 17.3. The largest absolute Gasteiger partial charge is 0.372 e. The van der Waals surface area contributed by atoms with Crippen LogP contribution in [0.4, 0.5) is 5.69 Å². The summed E-state index contributed by atoms with van der Waals surface area (Å²) in [6.45, 7) is 7.98. The predicted octanol–water partition coefficient (Wildman–Crippen LogP) is 2.16. The lowest BCUT2D eigenvalue weighted by Gasteiger charge is -2.25. The van der Waals surface area contributed by atoms with E-state index >= 15 is 0 Å². The van der Waals surface area contributed by atoms with Crippen molar-refractivity contribution in [2.24, 2.45) is 0 Å². The molecule has 1 heterocycles. The molecule has 1 N–H and O–H groups in total. The van der Waals surface area contributed by atoms with E-state index in [4.69, 9.17) is 0 Å². The Kier molecular flexibility index (Phi) is 6.44. The number of likely N-dealkylation sites (tertiary alicyclic amines) is 1. The number of piperidine rings is 1. The second kappa shape index (κ2) is 8.56. The predicted molar refractivity (Wildman–Crippen MR) is 92.3 cm³/mol. The van der Waals surface area contributed by atoms with E-state index in [1.54, 1.807) is 4.90 Å². The van der Waals surface area contributed by atoms with Crippen LogP contribution in [-0.2, 0) is 16.1 Å². The summed E-state index contributed by atoms with van der Waals surface area (Å²) in [5.41, 5.74) is 2.18. The highest BCUT2D eigenvalue weighted by molar-refractivity contribution is 6.34. The van der Waals surface area contributed by atoms with Crippen molar-refractivity contribution in [3.63, 3.8) is 0 Å². The van der Waals surface area contributed by atoms with Crippen LogP contribution >= 0.6 is 0 Å². The van der Waals surface area contributed by atoms with Crippen molar-refractivity contribution in [1.82, 2.24) is 10.2 Å². The van der Waals surface area contributed by atoms with Gasteiger partial charge in [-0.1, -0.05) is 12.1 Å². The second-order valence-electron chi connectivity index (χ2n) is 5.87. The van der Waals surface area contributed by atoms with Crippen molar-refractivity contribution in [3.8, 4) is 0 Å². The van der Waals surface area contributed by atoms with Crippen LogP contribution < -0.4 is 10.2 Å². The molecule has 0 aliphatic carbocycles. The van der Waals surface area contributed by atoms with E-state index in [2.05, 4.69) is 36.2 Å². The van der Waals surface area contributed by atoms with Gasteiger partial charge in [0, 0.05) is 38.4 Å². The SMILES string of the molecule is CCN(CC)c1ccc(CNC(=O)C(=O)N2CCCCC2)cc1. The van der Waals surface area contributed by atoms with E-state index in [1.165, 1.54) is 5.69 Å². The Morgan fingerprint density at radius 1 is 1.04 bits per heavy atom. The van der Waals surface area contributed by atoms with Crippen molar-refractivity contribution in [1.29, 1.82) is 0 Å². The van der Waals surface area contributed by atoms with Crippen LogP contribution in [-0.4, -0.2) is 42.9 Å². The van der Waals surface area contributed by atoms with E-state index in [1.807, 2.05) is 12.1 Å². The molecule has 0 saturated carbocycles. The average molecular weight is 317 g/mol. The molecular weight excluding hydrogens is 290 g/mol. The maximum absolute atomic E-state index is 12.0. The lowest BCUT2D eigenvalue weighted by molar-refractivity contribution is -0.146. The minimum Gasteiger partial charge on any atom is -0.372 e. The number of hydrogen-bond donors (Lipinski definition) is 1. The third-order valence-electron chi connectivity index (χ3n) is 4.36. The van der Waals surface area contributed by atoms with Crippen LogP contribution in [0.1, 0.15) is 38.7 Å². The van der Waals surface area contributed by atoms with Gasteiger partial charge in [0.25, 0.3) is 0 Å². The summed E-state index contributed by atoms with van der Waals surface area (Å²) in [6.07, 6.45) is 3.13. The molecule has 5 heteroatoms. The zero-order valence-electron chi connectivity index (χ0n) is 14.2. The number of nitrogens with one attached hydrogen (secondary N) is 1. The smallest absolute Gasteiger partial charge is 0.311 e. The molecule has 126 valence electrons. The number of hydrogen-bond acceptors (Lipinski definition) is 3. The number of nitrogens with zero attached hydrogens (tertiary/aromatic N) is 2. The average Bonchev–Trinajstić information content (AvgIpc) is 2.62. The van der Waals surface area contributed by atoms with Gasteiger partial charge in [0.05, 0.1) is 0 Å². The molecule has 2 rings (SSSR count). The van der Waals surface area contributed by atoms with Crippen molar-refractivity contribution in [2.45, 2.75) is 39.7 Å². The first-order valence-electron chi connectivity index (χ1n) is 8.56. The summed E-state index contributed by atoms with van der Waals surface area (Å²) in [5.74, 6) is -0.899. The standard InChI is InChI=1S/C18H27N3O2/c1-3-20(4-2)16-10-8-15(9-11-16)14-19-17(22)18(23)21-12-6-5-7-13-21/h8-11H,3-7,12-14H2,1-2H3,(H,19,22). The minimum atomic E-state index is -0.500. The fraction of sp³-hybridized carbons (Fsp3) is 0.556. The molecular formula is C18H27N3O2. The molecule has 1 aliphatic heterocycles. The topological polar surface area (TPSA) is 52.7 Å². The Labute approximate surface area is 138 Å². The highest BCUT2D eigenvalue weighted by atomic mass is 16.2. The van der Waals surface area contributed by atoms with E-state index in [-0.39, 0.29) is 0 Å². The molecule has 23 heavy (non-hydrogen) atoms. The van der Waals surface area contributed by atoms with E-state index in [0.717, 1.165) is 37.9 Å². The first-order chi connectivity index (χ1) is 11.2. The lowest BCUT2D eigenvalue weighted by atomic mass is 10.1. The summed E-state index contributed by atoms with van der Waals surface area (Å²) >= 11 is 0. The molecule has 0 atom stereocenters. The maximum atomic E-state index is 12.0. The van der Waals surface area contributed by atoms with Crippen molar-refractivity contribution in [3.05, 3.63) is 29.8 Å². The highest BCUT2D eigenvalue weighted by Crippen LogP contribution is 2.15. The summed E-state index contributed by atoms with van der Waals surface area (Å²) in [7, 11) is 0. The Hall–Kier alpha value is -2.04. The summed E-state index contributed by atoms with van der Waals surface area (Å²) in [4.78, 5) is 27.9. The van der Waals surface area contributed by atoms with Crippen LogP contribution in [0.25, 0.3) is 0 Å².